The highest BCUT2D eigenvalue weighted by Crippen LogP contribution is 2.25. The average Bonchev–Trinajstić information content (AvgIpc) is 3.08. The Labute approximate surface area is 154 Å². The van der Waals surface area contributed by atoms with Gasteiger partial charge in [0.1, 0.15) is 5.82 Å². The van der Waals surface area contributed by atoms with Gasteiger partial charge in [-0.3, -0.25) is 9.59 Å². The number of rotatable bonds is 5. The fraction of sp³-hybridized carbons (Fsp3) is 0.333. The molecule has 2 amide bonds. The first kappa shape index (κ1) is 17.9. The number of nitrogens with zero attached hydrogens (tertiary/aromatic N) is 1. The summed E-state index contributed by atoms with van der Waals surface area (Å²) in [5.74, 6) is -0.296. The predicted octanol–water partition coefficient (Wildman–Crippen LogP) is 3.53. The van der Waals surface area contributed by atoms with Crippen LogP contribution in [0.4, 0.5) is 10.1 Å². The molecular weight excluding hydrogens is 359 g/mol. The van der Waals surface area contributed by atoms with E-state index in [2.05, 4.69) is 16.8 Å². The Hall–Kier alpha value is -1.86. The molecule has 2 heterocycles. The van der Waals surface area contributed by atoms with Gasteiger partial charge in [0.25, 0.3) is 0 Å². The zero-order valence-corrected chi connectivity index (χ0v) is 15.5. The SMILES string of the molecule is CC(SCC(=O)Nc1ccc(F)cc1)C(=O)N1CCc2sccc2C1. The molecule has 1 N–H and O–H groups in total. The first-order valence-corrected chi connectivity index (χ1v) is 9.97. The van der Waals surface area contributed by atoms with Gasteiger partial charge in [-0.2, -0.15) is 0 Å². The number of anilines is 1. The van der Waals surface area contributed by atoms with Crippen LogP contribution in [0.3, 0.4) is 0 Å². The van der Waals surface area contributed by atoms with Crippen molar-refractivity contribution in [3.8, 4) is 0 Å². The van der Waals surface area contributed by atoms with Gasteiger partial charge in [-0.1, -0.05) is 0 Å². The molecule has 0 bridgehead atoms. The Balaban J connectivity index is 1.47. The van der Waals surface area contributed by atoms with Gasteiger partial charge in [-0.15, -0.1) is 23.1 Å². The molecule has 3 rings (SSSR count). The van der Waals surface area contributed by atoms with Crippen LogP contribution in [0.25, 0.3) is 0 Å². The number of amides is 2. The highest BCUT2D eigenvalue weighted by molar-refractivity contribution is 8.01. The summed E-state index contributed by atoms with van der Waals surface area (Å²) in [6.07, 6.45) is 0.904. The maximum absolute atomic E-state index is 12.9. The van der Waals surface area contributed by atoms with E-state index in [0.29, 0.717) is 12.2 Å². The van der Waals surface area contributed by atoms with Crippen LogP contribution in [0.15, 0.2) is 35.7 Å². The molecule has 132 valence electrons. The third kappa shape index (κ3) is 4.61. The number of nitrogens with one attached hydrogen (secondary N) is 1. The molecule has 1 aliphatic rings. The van der Waals surface area contributed by atoms with Crippen LogP contribution in [-0.2, 0) is 22.6 Å². The van der Waals surface area contributed by atoms with Crippen molar-refractivity contribution in [3.63, 3.8) is 0 Å². The third-order valence-electron chi connectivity index (χ3n) is 4.06. The maximum Gasteiger partial charge on any atom is 0.235 e. The second-order valence-electron chi connectivity index (χ2n) is 5.89. The lowest BCUT2D eigenvalue weighted by atomic mass is 10.1. The summed E-state index contributed by atoms with van der Waals surface area (Å²) in [4.78, 5) is 27.8. The van der Waals surface area contributed by atoms with E-state index in [4.69, 9.17) is 0 Å². The lowest BCUT2D eigenvalue weighted by Gasteiger charge is -2.29. The Morgan fingerprint density at radius 3 is 2.84 bits per heavy atom. The normalized spacial score (nSPS) is 14.7. The predicted molar refractivity (Wildman–Crippen MR) is 100 cm³/mol. The molecule has 0 saturated carbocycles. The Kier molecular flexibility index (Phi) is 5.75. The van der Waals surface area contributed by atoms with Crippen molar-refractivity contribution in [2.45, 2.75) is 25.1 Å². The summed E-state index contributed by atoms with van der Waals surface area (Å²) in [6, 6.07) is 7.69. The van der Waals surface area contributed by atoms with Crippen molar-refractivity contribution in [1.29, 1.82) is 0 Å². The Morgan fingerprint density at radius 1 is 1.32 bits per heavy atom. The number of carbonyl (C=O) groups excluding carboxylic acids is 2. The number of benzene rings is 1. The Morgan fingerprint density at radius 2 is 2.08 bits per heavy atom. The summed E-state index contributed by atoms with van der Waals surface area (Å²) < 4.78 is 12.9. The van der Waals surface area contributed by atoms with Gasteiger partial charge in [0.2, 0.25) is 11.8 Å². The number of thiophene rings is 1. The minimum atomic E-state index is -0.345. The van der Waals surface area contributed by atoms with Gasteiger partial charge in [-0.05, 0) is 54.6 Å². The van der Waals surface area contributed by atoms with Crippen LogP contribution in [-0.4, -0.2) is 34.3 Å². The summed E-state index contributed by atoms with van der Waals surface area (Å²) in [7, 11) is 0. The van der Waals surface area contributed by atoms with Crippen molar-refractivity contribution < 1.29 is 14.0 Å². The van der Waals surface area contributed by atoms with Gasteiger partial charge < -0.3 is 10.2 Å². The molecule has 7 heteroatoms. The van der Waals surface area contributed by atoms with Gasteiger partial charge >= 0.3 is 0 Å². The van der Waals surface area contributed by atoms with Gasteiger partial charge in [0.05, 0.1) is 11.0 Å². The highest BCUT2D eigenvalue weighted by Gasteiger charge is 2.25. The third-order valence-corrected chi connectivity index (χ3v) is 6.21. The standard InChI is InChI=1S/C18H19FN2O2S2/c1-12(18(23)21-8-6-16-13(10-21)7-9-24-16)25-11-17(22)20-15-4-2-14(19)3-5-15/h2-5,7,9,12H,6,8,10-11H2,1H3,(H,20,22). The molecule has 1 unspecified atom stereocenters. The summed E-state index contributed by atoms with van der Waals surface area (Å²) in [5.41, 5.74) is 1.78. The lowest BCUT2D eigenvalue weighted by Crippen LogP contribution is -2.40. The highest BCUT2D eigenvalue weighted by atomic mass is 32.2. The Bertz CT molecular complexity index is 761. The zero-order valence-electron chi connectivity index (χ0n) is 13.8. The monoisotopic (exact) mass is 378 g/mol. The first-order valence-electron chi connectivity index (χ1n) is 8.04. The van der Waals surface area contributed by atoms with Crippen molar-refractivity contribution in [3.05, 3.63) is 52.0 Å². The topological polar surface area (TPSA) is 49.4 Å². The summed E-state index contributed by atoms with van der Waals surface area (Å²) in [5, 5.41) is 4.49. The molecular formula is C18H19FN2O2S2. The van der Waals surface area contributed by atoms with E-state index in [9.17, 15) is 14.0 Å². The minimum absolute atomic E-state index is 0.0661. The minimum Gasteiger partial charge on any atom is -0.337 e. The van der Waals surface area contributed by atoms with Crippen LogP contribution in [0.5, 0.6) is 0 Å². The van der Waals surface area contributed by atoms with E-state index in [0.717, 1.165) is 13.0 Å². The second kappa shape index (κ2) is 8.01. The maximum atomic E-state index is 12.9. The van der Waals surface area contributed by atoms with E-state index in [1.807, 2.05) is 11.8 Å². The first-order chi connectivity index (χ1) is 12.0. The number of hydrogen-bond donors (Lipinski definition) is 1. The van der Waals surface area contributed by atoms with Crippen LogP contribution in [0.2, 0.25) is 0 Å². The van der Waals surface area contributed by atoms with Crippen LogP contribution < -0.4 is 5.32 Å². The number of fused-ring (bicyclic) bond motifs is 1. The average molecular weight is 378 g/mol. The molecule has 1 aromatic heterocycles. The molecule has 25 heavy (non-hydrogen) atoms. The largest absolute Gasteiger partial charge is 0.337 e. The molecule has 0 aliphatic carbocycles. The molecule has 4 nitrogen and oxygen atoms in total. The van der Waals surface area contributed by atoms with Crippen molar-refractivity contribution in [2.24, 2.45) is 0 Å². The fourth-order valence-electron chi connectivity index (χ4n) is 2.70. The molecule has 0 spiro atoms. The molecule has 2 aromatic rings. The van der Waals surface area contributed by atoms with Crippen LogP contribution >= 0.6 is 23.1 Å². The fourth-order valence-corrected chi connectivity index (χ4v) is 4.35. The van der Waals surface area contributed by atoms with E-state index < -0.39 is 0 Å². The van der Waals surface area contributed by atoms with E-state index in [1.165, 1.54) is 46.5 Å². The number of halogens is 1. The van der Waals surface area contributed by atoms with Crippen molar-refractivity contribution >= 4 is 40.6 Å². The van der Waals surface area contributed by atoms with Gasteiger partial charge in [-0.25, -0.2) is 4.39 Å². The van der Waals surface area contributed by atoms with Crippen molar-refractivity contribution in [2.75, 3.05) is 17.6 Å². The van der Waals surface area contributed by atoms with E-state index in [1.54, 1.807) is 11.3 Å². The van der Waals surface area contributed by atoms with Gasteiger partial charge in [0.15, 0.2) is 0 Å². The second-order valence-corrected chi connectivity index (χ2v) is 8.22. The van der Waals surface area contributed by atoms with Crippen molar-refractivity contribution in [1.82, 2.24) is 4.90 Å². The molecule has 1 aliphatic heterocycles. The molecule has 0 saturated heterocycles. The summed E-state index contributed by atoms with van der Waals surface area (Å²) in [6.45, 7) is 3.23. The number of thioether (sulfide) groups is 1. The molecule has 1 aromatic carbocycles. The van der Waals surface area contributed by atoms with Crippen LogP contribution in [0.1, 0.15) is 17.4 Å². The van der Waals surface area contributed by atoms with Crippen LogP contribution in [0, 0.1) is 5.82 Å². The van der Waals surface area contributed by atoms with E-state index in [-0.39, 0.29) is 28.6 Å². The lowest BCUT2D eigenvalue weighted by molar-refractivity contribution is -0.131. The van der Waals surface area contributed by atoms with E-state index >= 15 is 0 Å². The quantitative estimate of drug-likeness (QED) is 0.866. The molecule has 1 atom stereocenters. The molecule has 0 fully saturated rings. The smallest absolute Gasteiger partial charge is 0.235 e. The molecule has 0 radical (unpaired) electrons. The summed E-state index contributed by atoms with van der Waals surface area (Å²) >= 11 is 3.06. The van der Waals surface area contributed by atoms with Gasteiger partial charge in [0, 0.05) is 23.7 Å². The zero-order chi connectivity index (χ0) is 17.8. The number of hydrogen-bond acceptors (Lipinski definition) is 4. The number of carbonyl (C=O) groups is 2.